The Labute approximate surface area is 174 Å². The van der Waals surface area contributed by atoms with Crippen LogP contribution in [0.15, 0.2) is 72.8 Å². The second kappa shape index (κ2) is 11.0. The van der Waals surface area contributed by atoms with Gasteiger partial charge < -0.3 is 9.47 Å². The minimum absolute atomic E-state index is 0.00651. The Bertz CT molecular complexity index is 956. The molecule has 0 aliphatic carbocycles. The second-order valence-electron chi connectivity index (χ2n) is 5.86. The molecule has 4 nitrogen and oxygen atoms in total. The van der Waals surface area contributed by atoms with Crippen molar-refractivity contribution < 1.29 is 23.5 Å². The summed E-state index contributed by atoms with van der Waals surface area (Å²) in [6, 6.07) is 20.3. The molecule has 0 aromatic heterocycles. The first-order chi connectivity index (χ1) is 14.0. The molecule has 0 saturated heterocycles. The summed E-state index contributed by atoms with van der Waals surface area (Å²) in [6.07, 6.45) is 0. The zero-order valence-electron chi connectivity index (χ0n) is 16.1. The lowest BCUT2D eigenvalue weighted by atomic mass is 10.0. The van der Waals surface area contributed by atoms with E-state index in [4.69, 9.17) is 4.74 Å². The highest BCUT2D eigenvalue weighted by Crippen LogP contribution is 2.22. The standard InChI is InChI=1S/C16H13FO4.C7H8S/c1-20-13-5-3-4-12(14(13)17)15(18)10-6-8-11(9-7-10)16(19)21-2;8-6-7-4-2-1-3-5-7/h3-9H,1-2H3;1-5,8H,6H2. The molecule has 3 rings (SSSR count). The third kappa shape index (κ3) is 5.93. The number of rotatable bonds is 5. The Balaban J connectivity index is 0.000000313. The number of esters is 1. The largest absolute Gasteiger partial charge is 0.494 e. The SMILES string of the molecule is COC(=O)c1ccc(C(=O)c2cccc(OC)c2F)cc1.SCc1ccccc1. The summed E-state index contributed by atoms with van der Waals surface area (Å²) in [6.45, 7) is 0. The molecular formula is C23H21FO4S. The molecule has 0 unspecified atom stereocenters. The lowest BCUT2D eigenvalue weighted by Crippen LogP contribution is -2.07. The van der Waals surface area contributed by atoms with Crippen LogP contribution in [0.25, 0.3) is 0 Å². The van der Waals surface area contributed by atoms with Crippen molar-refractivity contribution >= 4 is 24.4 Å². The molecule has 6 heteroatoms. The zero-order valence-corrected chi connectivity index (χ0v) is 17.0. The van der Waals surface area contributed by atoms with Crippen LogP contribution in [0.1, 0.15) is 31.8 Å². The van der Waals surface area contributed by atoms with Gasteiger partial charge in [0.05, 0.1) is 25.3 Å². The van der Waals surface area contributed by atoms with Crippen LogP contribution < -0.4 is 4.74 Å². The van der Waals surface area contributed by atoms with Gasteiger partial charge in [0, 0.05) is 11.3 Å². The lowest BCUT2D eigenvalue weighted by molar-refractivity contribution is 0.0600. The van der Waals surface area contributed by atoms with E-state index >= 15 is 0 Å². The molecule has 0 aliphatic rings. The summed E-state index contributed by atoms with van der Waals surface area (Å²) in [4.78, 5) is 23.6. The Morgan fingerprint density at radius 3 is 2.00 bits per heavy atom. The highest BCUT2D eigenvalue weighted by molar-refractivity contribution is 7.79. The van der Waals surface area contributed by atoms with Crippen LogP contribution in [-0.2, 0) is 10.5 Å². The maximum Gasteiger partial charge on any atom is 0.337 e. The van der Waals surface area contributed by atoms with Crippen molar-refractivity contribution in [2.24, 2.45) is 0 Å². The van der Waals surface area contributed by atoms with Crippen molar-refractivity contribution in [1.29, 1.82) is 0 Å². The summed E-state index contributed by atoms with van der Waals surface area (Å²) in [5, 5.41) is 0. The van der Waals surface area contributed by atoms with Crippen LogP contribution in [0.4, 0.5) is 4.39 Å². The molecule has 0 atom stereocenters. The molecule has 0 N–H and O–H groups in total. The van der Waals surface area contributed by atoms with Gasteiger partial charge in [0.15, 0.2) is 17.3 Å². The Hall–Kier alpha value is -3.12. The molecule has 3 aromatic carbocycles. The van der Waals surface area contributed by atoms with Gasteiger partial charge in [-0.3, -0.25) is 4.79 Å². The number of carbonyl (C=O) groups excluding carboxylic acids is 2. The van der Waals surface area contributed by atoms with E-state index in [1.807, 2.05) is 18.2 Å². The second-order valence-corrected chi connectivity index (χ2v) is 6.18. The fraction of sp³-hybridized carbons (Fsp3) is 0.130. The predicted molar refractivity (Wildman–Crippen MR) is 113 cm³/mol. The average molecular weight is 412 g/mol. The first-order valence-corrected chi connectivity index (χ1v) is 9.35. The number of hydrogen-bond acceptors (Lipinski definition) is 5. The van der Waals surface area contributed by atoms with Crippen LogP contribution in [0.3, 0.4) is 0 Å². The Kier molecular flexibility index (Phi) is 8.43. The molecule has 0 radical (unpaired) electrons. The molecule has 0 saturated carbocycles. The number of thiol groups is 1. The summed E-state index contributed by atoms with van der Waals surface area (Å²) >= 11 is 4.11. The number of benzene rings is 3. The number of methoxy groups -OCH3 is 2. The lowest BCUT2D eigenvalue weighted by Gasteiger charge is -2.07. The van der Waals surface area contributed by atoms with Gasteiger partial charge in [-0.1, -0.05) is 48.5 Å². The molecule has 150 valence electrons. The van der Waals surface area contributed by atoms with E-state index in [0.717, 1.165) is 5.75 Å². The first kappa shape index (κ1) is 22.2. The fourth-order valence-corrected chi connectivity index (χ4v) is 2.67. The molecule has 0 amide bonds. The summed E-state index contributed by atoms with van der Waals surface area (Å²) in [5.74, 6) is -0.848. The zero-order chi connectivity index (χ0) is 21.2. The molecule has 0 aliphatic heterocycles. The summed E-state index contributed by atoms with van der Waals surface area (Å²) in [7, 11) is 2.60. The molecule has 0 heterocycles. The smallest absolute Gasteiger partial charge is 0.337 e. The van der Waals surface area contributed by atoms with Crippen molar-refractivity contribution in [3.05, 3.63) is 101 Å². The number of halogens is 1. The van der Waals surface area contributed by atoms with Gasteiger partial charge in [-0.15, -0.1) is 0 Å². The van der Waals surface area contributed by atoms with E-state index < -0.39 is 17.6 Å². The van der Waals surface area contributed by atoms with E-state index in [-0.39, 0.29) is 16.9 Å². The third-order valence-electron chi connectivity index (χ3n) is 4.02. The maximum atomic E-state index is 14.1. The predicted octanol–water partition coefficient (Wildman–Crippen LogP) is 4.97. The molecule has 0 bridgehead atoms. The van der Waals surface area contributed by atoms with Crippen LogP contribution in [-0.4, -0.2) is 26.0 Å². The number of ketones is 1. The van der Waals surface area contributed by atoms with Crippen LogP contribution in [0.5, 0.6) is 5.75 Å². The molecular weight excluding hydrogens is 391 g/mol. The number of hydrogen-bond donors (Lipinski definition) is 1. The third-order valence-corrected chi connectivity index (χ3v) is 4.39. The summed E-state index contributed by atoms with van der Waals surface area (Å²) in [5.41, 5.74) is 1.78. The highest BCUT2D eigenvalue weighted by Gasteiger charge is 2.17. The van der Waals surface area contributed by atoms with Crippen LogP contribution >= 0.6 is 12.6 Å². The van der Waals surface area contributed by atoms with Gasteiger partial charge in [-0.2, -0.15) is 12.6 Å². The van der Waals surface area contributed by atoms with Crippen molar-refractivity contribution in [1.82, 2.24) is 0 Å². The molecule has 0 spiro atoms. The van der Waals surface area contributed by atoms with E-state index in [9.17, 15) is 14.0 Å². The maximum absolute atomic E-state index is 14.1. The fourth-order valence-electron chi connectivity index (χ4n) is 2.46. The molecule has 29 heavy (non-hydrogen) atoms. The van der Waals surface area contributed by atoms with Gasteiger partial charge >= 0.3 is 5.97 Å². The van der Waals surface area contributed by atoms with Crippen LogP contribution in [0.2, 0.25) is 0 Å². The normalized spacial score (nSPS) is 9.79. The quantitative estimate of drug-likeness (QED) is 0.365. The number of carbonyl (C=O) groups is 2. The molecule has 3 aromatic rings. The van der Waals surface area contributed by atoms with Gasteiger partial charge in [-0.25, -0.2) is 9.18 Å². The van der Waals surface area contributed by atoms with Gasteiger partial charge in [-0.05, 0) is 29.8 Å². The van der Waals surface area contributed by atoms with E-state index in [0.29, 0.717) is 5.56 Å². The van der Waals surface area contributed by atoms with Crippen LogP contribution in [0, 0.1) is 5.82 Å². The monoisotopic (exact) mass is 412 g/mol. The minimum Gasteiger partial charge on any atom is -0.494 e. The van der Waals surface area contributed by atoms with Gasteiger partial charge in [0.1, 0.15) is 0 Å². The topological polar surface area (TPSA) is 52.6 Å². The average Bonchev–Trinajstić information content (AvgIpc) is 2.79. The highest BCUT2D eigenvalue weighted by atomic mass is 32.1. The summed E-state index contributed by atoms with van der Waals surface area (Å²) < 4.78 is 23.5. The number of ether oxygens (including phenoxy) is 2. The van der Waals surface area contributed by atoms with Gasteiger partial charge in [0.25, 0.3) is 0 Å². The Morgan fingerprint density at radius 2 is 1.48 bits per heavy atom. The van der Waals surface area contributed by atoms with Crippen molar-refractivity contribution in [3.8, 4) is 5.75 Å². The van der Waals surface area contributed by atoms with E-state index in [2.05, 4.69) is 29.5 Å². The first-order valence-electron chi connectivity index (χ1n) is 8.72. The van der Waals surface area contributed by atoms with Crippen molar-refractivity contribution in [2.45, 2.75) is 5.75 Å². The van der Waals surface area contributed by atoms with Gasteiger partial charge in [0.2, 0.25) is 0 Å². The van der Waals surface area contributed by atoms with E-state index in [1.165, 1.54) is 62.2 Å². The van der Waals surface area contributed by atoms with Crippen molar-refractivity contribution in [2.75, 3.05) is 14.2 Å². The Morgan fingerprint density at radius 1 is 0.862 bits per heavy atom. The molecule has 0 fully saturated rings. The van der Waals surface area contributed by atoms with E-state index in [1.54, 1.807) is 0 Å². The minimum atomic E-state index is -0.706. The van der Waals surface area contributed by atoms with Crippen molar-refractivity contribution in [3.63, 3.8) is 0 Å².